The Hall–Kier alpha value is -1.39. The molecule has 0 saturated carbocycles. The zero-order chi connectivity index (χ0) is 15.2. The van der Waals surface area contributed by atoms with Crippen LogP contribution < -0.4 is 5.32 Å². The quantitative estimate of drug-likeness (QED) is 0.875. The number of anilines is 1. The van der Waals surface area contributed by atoms with Gasteiger partial charge in [-0.3, -0.25) is 9.69 Å². The van der Waals surface area contributed by atoms with Gasteiger partial charge < -0.3 is 10.4 Å². The highest BCUT2D eigenvalue weighted by molar-refractivity contribution is 5.92. The van der Waals surface area contributed by atoms with E-state index in [1.807, 2.05) is 25.1 Å². The van der Waals surface area contributed by atoms with Gasteiger partial charge in [-0.15, -0.1) is 0 Å². The summed E-state index contributed by atoms with van der Waals surface area (Å²) in [6.45, 7) is 5.15. The number of aliphatic hydroxyl groups is 1. The van der Waals surface area contributed by atoms with Gasteiger partial charge in [0.2, 0.25) is 5.91 Å². The van der Waals surface area contributed by atoms with Crippen molar-refractivity contribution < 1.29 is 9.90 Å². The van der Waals surface area contributed by atoms with Crippen molar-refractivity contribution in [3.8, 4) is 0 Å². The Morgan fingerprint density at radius 3 is 3.00 bits per heavy atom. The van der Waals surface area contributed by atoms with E-state index >= 15 is 0 Å². The van der Waals surface area contributed by atoms with Gasteiger partial charge in [-0.25, -0.2) is 0 Å². The SMILES string of the molecule is CCc1cccc(NC(=O)CN2CCCCC2C(C)O)c1. The van der Waals surface area contributed by atoms with Crippen LogP contribution in [-0.2, 0) is 11.2 Å². The van der Waals surface area contributed by atoms with E-state index in [1.54, 1.807) is 0 Å². The van der Waals surface area contributed by atoms with Crippen molar-refractivity contribution in [1.82, 2.24) is 4.90 Å². The Morgan fingerprint density at radius 2 is 2.29 bits per heavy atom. The van der Waals surface area contributed by atoms with Crippen LogP contribution in [-0.4, -0.2) is 41.1 Å². The molecule has 1 aliphatic heterocycles. The number of likely N-dealkylation sites (tertiary alicyclic amines) is 1. The number of piperidine rings is 1. The molecule has 1 aromatic rings. The standard InChI is InChI=1S/C17H26N2O2/c1-3-14-7-6-8-15(11-14)18-17(21)12-19-10-5-4-9-16(19)13(2)20/h6-8,11,13,16,20H,3-5,9-10,12H2,1-2H3,(H,18,21). The van der Waals surface area contributed by atoms with Crippen LogP contribution >= 0.6 is 0 Å². The van der Waals surface area contributed by atoms with Crippen LogP contribution in [0, 0.1) is 0 Å². The summed E-state index contributed by atoms with van der Waals surface area (Å²) in [5.41, 5.74) is 2.07. The highest BCUT2D eigenvalue weighted by Crippen LogP contribution is 2.20. The Labute approximate surface area is 127 Å². The molecule has 21 heavy (non-hydrogen) atoms. The molecule has 1 saturated heterocycles. The van der Waals surface area contributed by atoms with Gasteiger partial charge in [0.05, 0.1) is 12.6 Å². The number of aliphatic hydroxyl groups excluding tert-OH is 1. The lowest BCUT2D eigenvalue weighted by molar-refractivity contribution is -0.118. The van der Waals surface area contributed by atoms with Gasteiger partial charge in [-0.2, -0.15) is 0 Å². The second kappa shape index (κ2) is 7.57. The molecule has 116 valence electrons. The minimum atomic E-state index is -0.387. The van der Waals surface area contributed by atoms with E-state index in [1.165, 1.54) is 5.56 Å². The minimum absolute atomic E-state index is 0.00389. The molecule has 0 radical (unpaired) electrons. The molecule has 0 aromatic heterocycles. The molecule has 2 atom stereocenters. The normalized spacial score (nSPS) is 21.0. The molecule has 2 rings (SSSR count). The van der Waals surface area contributed by atoms with Crippen LogP contribution in [0.4, 0.5) is 5.69 Å². The maximum Gasteiger partial charge on any atom is 0.238 e. The number of benzene rings is 1. The first-order chi connectivity index (χ1) is 10.1. The first-order valence-corrected chi connectivity index (χ1v) is 7.91. The van der Waals surface area contributed by atoms with Crippen molar-refractivity contribution in [2.75, 3.05) is 18.4 Å². The number of carbonyl (C=O) groups is 1. The summed E-state index contributed by atoms with van der Waals surface area (Å²) in [6.07, 6.45) is 3.77. The maximum absolute atomic E-state index is 12.2. The smallest absolute Gasteiger partial charge is 0.238 e. The van der Waals surface area contributed by atoms with Gasteiger partial charge in [0.1, 0.15) is 0 Å². The Kier molecular flexibility index (Phi) is 5.76. The van der Waals surface area contributed by atoms with E-state index in [4.69, 9.17) is 0 Å². The molecule has 4 nitrogen and oxygen atoms in total. The fourth-order valence-corrected chi connectivity index (χ4v) is 3.01. The number of hydrogen-bond donors (Lipinski definition) is 2. The third kappa shape index (κ3) is 4.55. The second-order valence-electron chi connectivity index (χ2n) is 5.88. The van der Waals surface area contributed by atoms with E-state index in [0.717, 1.165) is 37.9 Å². The van der Waals surface area contributed by atoms with Gasteiger partial charge in [0, 0.05) is 11.7 Å². The van der Waals surface area contributed by atoms with Crippen LogP contribution in [0.15, 0.2) is 24.3 Å². The Morgan fingerprint density at radius 1 is 1.48 bits per heavy atom. The van der Waals surface area contributed by atoms with Crippen molar-refractivity contribution in [1.29, 1.82) is 0 Å². The summed E-state index contributed by atoms with van der Waals surface area (Å²) in [6, 6.07) is 8.06. The third-order valence-electron chi connectivity index (χ3n) is 4.19. The lowest BCUT2D eigenvalue weighted by Gasteiger charge is -2.36. The van der Waals surface area contributed by atoms with E-state index in [9.17, 15) is 9.90 Å². The summed E-state index contributed by atoms with van der Waals surface area (Å²) in [5, 5.41) is 12.8. The van der Waals surface area contributed by atoms with Crippen molar-refractivity contribution in [3.63, 3.8) is 0 Å². The predicted molar refractivity (Wildman–Crippen MR) is 85.3 cm³/mol. The molecule has 4 heteroatoms. The molecule has 1 amide bonds. The van der Waals surface area contributed by atoms with Gasteiger partial charge >= 0.3 is 0 Å². The molecule has 2 unspecified atom stereocenters. The maximum atomic E-state index is 12.2. The number of carbonyl (C=O) groups excluding carboxylic acids is 1. The van der Waals surface area contributed by atoms with E-state index in [2.05, 4.69) is 23.2 Å². The first-order valence-electron chi connectivity index (χ1n) is 7.91. The number of nitrogens with one attached hydrogen (secondary N) is 1. The fraction of sp³-hybridized carbons (Fsp3) is 0.588. The van der Waals surface area contributed by atoms with Crippen molar-refractivity contribution in [3.05, 3.63) is 29.8 Å². The highest BCUT2D eigenvalue weighted by Gasteiger charge is 2.27. The van der Waals surface area contributed by atoms with Crippen molar-refractivity contribution in [2.24, 2.45) is 0 Å². The summed E-state index contributed by atoms with van der Waals surface area (Å²) in [5.74, 6) is -0.00389. The summed E-state index contributed by atoms with van der Waals surface area (Å²) < 4.78 is 0. The predicted octanol–water partition coefficient (Wildman–Crippen LogP) is 2.42. The van der Waals surface area contributed by atoms with Crippen LogP contribution in [0.25, 0.3) is 0 Å². The van der Waals surface area contributed by atoms with E-state index in [-0.39, 0.29) is 18.1 Å². The molecular formula is C17H26N2O2. The summed E-state index contributed by atoms with van der Waals surface area (Å²) in [7, 11) is 0. The summed E-state index contributed by atoms with van der Waals surface area (Å²) >= 11 is 0. The largest absolute Gasteiger partial charge is 0.392 e. The van der Waals surface area contributed by atoms with Crippen LogP contribution in [0.2, 0.25) is 0 Å². The van der Waals surface area contributed by atoms with Gasteiger partial charge in [0.15, 0.2) is 0 Å². The molecule has 0 spiro atoms. The zero-order valence-corrected chi connectivity index (χ0v) is 13.0. The monoisotopic (exact) mass is 290 g/mol. The second-order valence-corrected chi connectivity index (χ2v) is 5.88. The van der Waals surface area contributed by atoms with Crippen LogP contribution in [0.5, 0.6) is 0 Å². The van der Waals surface area contributed by atoms with E-state index < -0.39 is 0 Å². The van der Waals surface area contributed by atoms with Gasteiger partial charge in [-0.05, 0) is 50.4 Å². The van der Waals surface area contributed by atoms with Crippen LogP contribution in [0.1, 0.15) is 38.7 Å². The number of aryl methyl sites for hydroxylation is 1. The number of amides is 1. The van der Waals surface area contributed by atoms with Crippen molar-refractivity contribution in [2.45, 2.75) is 51.7 Å². The lowest BCUT2D eigenvalue weighted by atomic mass is 9.98. The molecule has 2 N–H and O–H groups in total. The summed E-state index contributed by atoms with van der Waals surface area (Å²) in [4.78, 5) is 14.3. The zero-order valence-electron chi connectivity index (χ0n) is 13.0. The van der Waals surface area contributed by atoms with Gasteiger partial charge in [-0.1, -0.05) is 25.5 Å². The third-order valence-corrected chi connectivity index (χ3v) is 4.19. The number of nitrogens with zero attached hydrogens (tertiary/aromatic N) is 1. The average molecular weight is 290 g/mol. The highest BCUT2D eigenvalue weighted by atomic mass is 16.3. The van der Waals surface area contributed by atoms with Gasteiger partial charge in [0.25, 0.3) is 0 Å². The lowest BCUT2D eigenvalue weighted by Crippen LogP contribution is -2.48. The van der Waals surface area contributed by atoms with E-state index in [0.29, 0.717) is 6.54 Å². The first kappa shape index (κ1) is 16.0. The molecule has 1 heterocycles. The molecule has 1 aromatic carbocycles. The Balaban J connectivity index is 1.93. The number of rotatable bonds is 5. The average Bonchev–Trinajstić information content (AvgIpc) is 2.47. The molecule has 0 aliphatic carbocycles. The van der Waals surface area contributed by atoms with Crippen LogP contribution in [0.3, 0.4) is 0 Å². The van der Waals surface area contributed by atoms with Crippen molar-refractivity contribution >= 4 is 11.6 Å². The molecular weight excluding hydrogens is 264 g/mol. The minimum Gasteiger partial charge on any atom is -0.392 e. The topological polar surface area (TPSA) is 52.6 Å². The molecule has 0 bridgehead atoms. The number of hydrogen-bond acceptors (Lipinski definition) is 3. The fourth-order valence-electron chi connectivity index (χ4n) is 3.01. The Bertz CT molecular complexity index is 474. The molecule has 1 aliphatic rings. The molecule has 1 fully saturated rings.